The fraction of sp³-hybridized carbons (Fsp3) is 0.348. The highest BCUT2D eigenvalue weighted by Gasteiger charge is 2.35. The van der Waals surface area contributed by atoms with Crippen molar-refractivity contribution in [1.82, 2.24) is 4.90 Å². The van der Waals surface area contributed by atoms with Crippen LogP contribution >= 0.6 is 0 Å². The van der Waals surface area contributed by atoms with Crippen LogP contribution in [0.15, 0.2) is 42.5 Å². The Balaban J connectivity index is 1.22. The molecule has 2 saturated heterocycles. The van der Waals surface area contributed by atoms with E-state index in [1.165, 1.54) is 0 Å². The van der Waals surface area contributed by atoms with E-state index in [1.807, 2.05) is 4.90 Å². The number of fused-ring (bicyclic) bond motifs is 1. The molecule has 3 aliphatic rings. The third-order valence-electron chi connectivity index (χ3n) is 5.96. The molecule has 3 heterocycles. The molecule has 0 aromatic heterocycles. The third kappa shape index (κ3) is 3.81. The molecule has 2 aromatic carbocycles. The van der Waals surface area contributed by atoms with Crippen LogP contribution in [0.4, 0.5) is 11.4 Å². The Kier molecular flexibility index (Phi) is 4.97. The first-order valence-corrected chi connectivity index (χ1v) is 10.5. The van der Waals surface area contributed by atoms with E-state index >= 15 is 0 Å². The Morgan fingerprint density at radius 1 is 0.968 bits per heavy atom. The number of anilines is 2. The van der Waals surface area contributed by atoms with E-state index in [-0.39, 0.29) is 30.9 Å². The number of hydrogen-bond donors (Lipinski definition) is 1. The van der Waals surface area contributed by atoms with Crippen molar-refractivity contribution in [1.29, 1.82) is 0 Å². The van der Waals surface area contributed by atoms with Crippen molar-refractivity contribution in [2.24, 2.45) is 5.92 Å². The summed E-state index contributed by atoms with van der Waals surface area (Å²) in [6.45, 7) is 2.07. The van der Waals surface area contributed by atoms with Crippen LogP contribution in [0.2, 0.25) is 0 Å². The minimum absolute atomic E-state index is 0.0242. The van der Waals surface area contributed by atoms with Crippen molar-refractivity contribution in [2.45, 2.75) is 19.3 Å². The number of carbonyl (C=O) groups excluding carboxylic acids is 3. The zero-order valence-corrected chi connectivity index (χ0v) is 17.0. The summed E-state index contributed by atoms with van der Waals surface area (Å²) in [5.74, 6) is 0.499. The first-order chi connectivity index (χ1) is 15.1. The maximum Gasteiger partial charge on any atom is 0.253 e. The molecule has 1 atom stereocenters. The topological polar surface area (TPSA) is 88.2 Å². The molecule has 0 radical (unpaired) electrons. The monoisotopic (exact) mass is 421 g/mol. The first kappa shape index (κ1) is 19.4. The second-order valence-electron chi connectivity index (χ2n) is 8.01. The van der Waals surface area contributed by atoms with Crippen LogP contribution in [0, 0.1) is 5.92 Å². The zero-order chi connectivity index (χ0) is 21.4. The number of hydrogen-bond acceptors (Lipinski definition) is 5. The van der Waals surface area contributed by atoms with Gasteiger partial charge in [-0.1, -0.05) is 0 Å². The van der Waals surface area contributed by atoms with Crippen LogP contribution in [-0.4, -0.2) is 49.0 Å². The van der Waals surface area contributed by atoms with Crippen molar-refractivity contribution in [3.05, 3.63) is 48.0 Å². The van der Waals surface area contributed by atoms with E-state index in [2.05, 4.69) is 5.32 Å². The van der Waals surface area contributed by atoms with Gasteiger partial charge in [-0.15, -0.1) is 0 Å². The molecule has 31 heavy (non-hydrogen) atoms. The number of nitrogens with one attached hydrogen (secondary N) is 1. The van der Waals surface area contributed by atoms with Gasteiger partial charge in [0.15, 0.2) is 11.5 Å². The van der Waals surface area contributed by atoms with Gasteiger partial charge in [0.2, 0.25) is 18.6 Å². The van der Waals surface area contributed by atoms with Gasteiger partial charge in [-0.2, -0.15) is 0 Å². The lowest BCUT2D eigenvalue weighted by atomic mass is 10.1. The second-order valence-corrected chi connectivity index (χ2v) is 8.01. The minimum Gasteiger partial charge on any atom is -0.454 e. The molecule has 5 rings (SSSR count). The van der Waals surface area contributed by atoms with E-state index < -0.39 is 5.92 Å². The summed E-state index contributed by atoms with van der Waals surface area (Å²) in [5.41, 5.74) is 1.91. The third-order valence-corrected chi connectivity index (χ3v) is 5.96. The highest BCUT2D eigenvalue weighted by atomic mass is 16.7. The molecule has 1 N–H and O–H groups in total. The van der Waals surface area contributed by atoms with Crippen molar-refractivity contribution in [3.63, 3.8) is 0 Å². The second kappa shape index (κ2) is 7.94. The predicted octanol–water partition coefficient (Wildman–Crippen LogP) is 2.64. The molecule has 8 heteroatoms. The van der Waals surface area contributed by atoms with Gasteiger partial charge in [-0.25, -0.2) is 0 Å². The predicted molar refractivity (Wildman–Crippen MR) is 113 cm³/mol. The maximum absolute atomic E-state index is 12.7. The van der Waals surface area contributed by atoms with Gasteiger partial charge in [-0.3, -0.25) is 14.4 Å². The highest BCUT2D eigenvalue weighted by Crippen LogP contribution is 2.37. The van der Waals surface area contributed by atoms with Gasteiger partial charge < -0.3 is 24.6 Å². The lowest BCUT2D eigenvalue weighted by Crippen LogP contribution is -2.28. The Labute approximate surface area is 179 Å². The van der Waals surface area contributed by atoms with E-state index in [9.17, 15) is 14.4 Å². The van der Waals surface area contributed by atoms with Crippen LogP contribution in [0.3, 0.4) is 0 Å². The van der Waals surface area contributed by atoms with Crippen LogP contribution in [0.25, 0.3) is 0 Å². The molecule has 0 bridgehead atoms. The van der Waals surface area contributed by atoms with Crippen molar-refractivity contribution in [2.75, 3.05) is 36.6 Å². The van der Waals surface area contributed by atoms with E-state index in [0.717, 1.165) is 25.9 Å². The molecule has 160 valence electrons. The van der Waals surface area contributed by atoms with E-state index in [1.54, 1.807) is 47.4 Å². The van der Waals surface area contributed by atoms with Gasteiger partial charge >= 0.3 is 0 Å². The fourth-order valence-electron chi connectivity index (χ4n) is 4.23. The molecule has 3 aliphatic heterocycles. The summed E-state index contributed by atoms with van der Waals surface area (Å²) in [6.07, 6.45) is 2.23. The quantitative estimate of drug-likeness (QED) is 0.820. The standard InChI is InChI=1S/C23H23N3O5/c27-21-11-16(13-26(21)18-7-8-19-20(12-18)31-14-30-19)22(28)24-17-5-3-15(4-6-17)23(29)25-9-1-2-10-25/h3-8,12,16H,1-2,9-11,13-14H2,(H,24,28). The smallest absolute Gasteiger partial charge is 0.253 e. The molecule has 8 nitrogen and oxygen atoms in total. The molecule has 2 fully saturated rings. The van der Waals surface area contributed by atoms with Crippen molar-refractivity contribution < 1.29 is 23.9 Å². The van der Waals surface area contributed by atoms with Gasteiger partial charge in [-0.05, 0) is 49.2 Å². The van der Waals surface area contributed by atoms with Crippen LogP contribution in [-0.2, 0) is 9.59 Å². The Hall–Kier alpha value is -3.55. The molecular formula is C23H23N3O5. The summed E-state index contributed by atoms with van der Waals surface area (Å²) in [6, 6.07) is 12.2. The summed E-state index contributed by atoms with van der Waals surface area (Å²) < 4.78 is 10.7. The first-order valence-electron chi connectivity index (χ1n) is 10.5. The molecule has 1 unspecified atom stereocenters. The lowest BCUT2D eigenvalue weighted by molar-refractivity contribution is -0.122. The lowest BCUT2D eigenvalue weighted by Gasteiger charge is -2.17. The number of likely N-dealkylation sites (tertiary alicyclic amines) is 1. The average molecular weight is 421 g/mol. The number of carbonyl (C=O) groups is 3. The summed E-state index contributed by atoms with van der Waals surface area (Å²) in [4.78, 5) is 41.2. The van der Waals surface area contributed by atoms with Crippen LogP contribution in [0.1, 0.15) is 29.6 Å². The minimum atomic E-state index is -0.455. The van der Waals surface area contributed by atoms with Gasteiger partial charge in [0.05, 0.1) is 5.92 Å². The highest BCUT2D eigenvalue weighted by molar-refractivity contribution is 6.04. The largest absolute Gasteiger partial charge is 0.454 e. The number of rotatable bonds is 4. The van der Waals surface area contributed by atoms with Gasteiger partial charge in [0, 0.05) is 49.1 Å². The number of nitrogens with zero attached hydrogens (tertiary/aromatic N) is 2. The number of benzene rings is 2. The van der Waals surface area contributed by atoms with Gasteiger partial charge in [0.25, 0.3) is 5.91 Å². The Bertz CT molecular complexity index is 1030. The Morgan fingerprint density at radius 3 is 2.48 bits per heavy atom. The molecule has 0 saturated carbocycles. The number of amides is 3. The van der Waals surface area contributed by atoms with Crippen LogP contribution < -0.4 is 19.7 Å². The SMILES string of the molecule is O=C(Nc1ccc(C(=O)N2CCCC2)cc1)C1CC(=O)N(c2ccc3c(c2)OCO3)C1. The Morgan fingerprint density at radius 2 is 1.71 bits per heavy atom. The average Bonchev–Trinajstić information content (AvgIpc) is 3.54. The fourth-order valence-corrected chi connectivity index (χ4v) is 4.23. The molecule has 2 aromatic rings. The van der Waals surface area contributed by atoms with E-state index in [4.69, 9.17) is 9.47 Å². The maximum atomic E-state index is 12.7. The molecule has 0 spiro atoms. The van der Waals surface area contributed by atoms with E-state index in [0.29, 0.717) is 35.0 Å². The summed E-state index contributed by atoms with van der Waals surface area (Å²) in [7, 11) is 0. The number of ether oxygens (including phenoxy) is 2. The molecule has 0 aliphatic carbocycles. The molecule has 3 amide bonds. The van der Waals surface area contributed by atoms with Crippen molar-refractivity contribution >= 4 is 29.1 Å². The zero-order valence-electron chi connectivity index (χ0n) is 17.0. The molecular weight excluding hydrogens is 398 g/mol. The van der Waals surface area contributed by atoms with Gasteiger partial charge in [0.1, 0.15) is 0 Å². The summed E-state index contributed by atoms with van der Waals surface area (Å²) >= 11 is 0. The normalized spacial score (nSPS) is 19.7. The summed E-state index contributed by atoms with van der Waals surface area (Å²) in [5, 5.41) is 2.87. The van der Waals surface area contributed by atoms with Crippen LogP contribution in [0.5, 0.6) is 11.5 Å². The van der Waals surface area contributed by atoms with Crippen molar-refractivity contribution in [3.8, 4) is 11.5 Å².